The summed E-state index contributed by atoms with van der Waals surface area (Å²) in [6.07, 6.45) is 14.0. The molecule has 0 amide bonds. The fourth-order valence-electron chi connectivity index (χ4n) is 2.97. The first kappa shape index (κ1) is 19.9. The number of hydrogen-bond donors (Lipinski definition) is 1. The molecule has 0 radical (unpaired) electrons. The summed E-state index contributed by atoms with van der Waals surface area (Å²) in [5, 5.41) is 8.63. The van der Waals surface area contributed by atoms with Gasteiger partial charge < -0.3 is 9.67 Å². The van der Waals surface area contributed by atoms with Crippen molar-refractivity contribution in [3.05, 3.63) is 54.1 Å². The Morgan fingerprint density at radius 2 is 1.62 bits per heavy atom. The van der Waals surface area contributed by atoms with Gasteiger partial charge in [-0.25, -0.2) is 4.98 Å². The lowest BCUT2D eigenvalue weighted by Crippen LogP contribution is -2.03. The predicted octanol–water partition coefficient (Wildman–Crippen LogP) is 4.51. The minimum absolute atomic E-state index is 0.0650. The molecule has 140 valence electrons. The van der Waals surface area contributed by atoms with Crippen LogP contribution in [-0.2, 0) is 17.8 Å². The van der Waals surface area contributed by atoms with Crippen molar-refractivity contribution in [3.63, 3.8) is 0 Å². The van der Waals surface area contributed by atoms with Crippen LogP contribution in [0.2, 0.25) is 0 Å². The summed E-state index contributed by atoms with van der Waals surface area (Å²) in [6.45, 7) is 1.05. The highest BCUT2D eigenvalue weighted by Crippen LogP contribution is 2.13. The third-order valence-electron chi connectivity index (χ3n) is 4.53. The quantitative estimate of drug-likeness (QED) is 0.423. The van der Waals surface area contributed by atoms with E-state index in [1.165, 1.54) is 37.7 Å². The maximum Gasteiger partial charge on any atom is 0.303 e. The van der Waals surface area contributed by atoms with E-state index in [4.69, 9.17) is 5.11 Å². The van der Waals surface area contributed by atoms with E-state index in [2.05, 4.69) is 9.55 Å². The van der Waals surface area contributed by atoms with Gasteiger partial charge >= 0.3 is 5.97 Å². The molecule has 2 aromatic rings. The first-order chi connectivity index (χ1) is 12.6. The van der Waals surface area contributed by atoms with Gasteiger partial charge in [0.2, 0.25) is 0 Å². The number of unbranched alkanes of at least 4 members (excludes halogenated alkanes) is 5. The summed E-state index contributed by atoms with van der Waals surface area (Å²) in [6, 6.07) is 7.60. The molecule has 5 heteroatoms. The number of ketones is 1. The standard InChI is InChI=1S/C21H28N2O3/c24-20(12-13-21(25)26)19-10-8-18(9-11-19)7-5-3-1-2-4-6-15-23-16-14-22-17-23/h8-11,14,16-17H,1-7,12-13,15H2,(H,25,26). The lowest BCUT2D eigenvalue weighted by molar-refractivity contribution is -0.136. The number of carbonyl (C=O) groups is 2. The second kappa shape index (κ2) is 11.2. The molecule has 0 aliphatic rings. The average Bonchev–Trinajstić information content (AvgIpc) is 3.16. The van der Waals surface area contributed by atoms with Gasteiger partial charge in [-0.05, 0) is 24.8 Å². The van der Waals surface area contributed by atoms with Crippen LogP contribution in [0.4, 0.5) is 0 Å². The smallest absolute Gasteiger partial charge is 0.303 e. The maximum atomic E-state index is 11.9. The molecular formula is C21H28N2O3. The number of hydrogen-bond acceptors (Lipinski definition) is 3. The number of imidazole rings is 1. The maximum absolute atomic E-state index is 11.9. The lowest BCUT2D eigenvalue weighted by atomic mass is 10.0. The number of aryl methyl sites for hydroxylation is 2. The molecule has 2 rings (SSSR count). The third-order valence-corrected chi connectivity index (χ3v) is 4.53. The highest BCUT2D eigenvalue weighted by Gasteiger charge is 2.08. The van der Waals surface area contributed by atoms with Crippen molar-refractivity contribution in [3.8, 4) is 0 Å². The highest BCUT2D eigenvalue weighted by molar-refractivity contribution is 5.97. The van der Waals surface area contributed by atoms with E-state index in [0.29, 0.717) is 5.56 Å². The monoisotopic (exact) mass is 356 g/mol. The summed E-state index contributed by atoms with van der Waals surface area (Å²) in [7, 11) is 0. The van der Waals surface area contributed by atoms with Crippen molar-refractivity contribution in [1.82, 2.24) is 9.55 Å². The Hall–Kier alpha value is -2.43. The molecule has 0 aliphatic heterocycles. The molecular weight excluding hydrogens is 328 g/mol. The van der Waals surface area contributed by atoms with Gasteiger partial charge in [0.05, 0.1) is 12.7 Å². The molecule has 0 bridgehead atoms. The molecule has 0 aliphatic carbocycles. The van der Waals surface area contributed by atoms with Gasteiger partial charge in [-0.2, -0.15) is 0 Å². The van der Waals surface area contributed by atoms with Crippen LogP contribution in [-0.4, -0.2) is 26.4 Å². The summed E-state index contributed by atoms with van der Waals surface area (Å²) in [5.74, 6) is -1.04. The number of nitrogens with zero attached hydrogens (tertiary/aromatic N) is 2. The fourth-order valence-corrected chi connectivity index (χ4v) is 2.97. The summed E-state index contributed by atoms with van der Waals surface area (Å²) >= 11 is 0. The Balaban J connectivity index is 1.53. The molecule has 0 saturated heterocycles. The number of rotatable bonds is 13. The molecule has 0 spiro atoms. The van der Waals surface area contributed by atoms with Crippen LogP contribution >= 0.6 is 0 Å². The first-order valence-electron chi connectivity index (χ1n) is 9.45. The Labute approximate surface area is 155 Å². The zero-order chi connectivity index (χ0) is 18.6. The molecule has 1 heterocycles. The van der Waals surface area contributed by atoms with Crippen molar-refractivity contribution < 1.29 is 14.7 Å². The summed E-state index contributed by atoms with van der Waals surface area (Å²) < 4.78 is 2.12. The number of Topliss-reactive ketones (excluding diaryl/α,β-unsaturated/α-hetero) is 1. The number of carboxylic acid groups (broad SMARTS) is 1. The summed E-state index contributed by atoms with van der Waals surface area (Å²) in [5.41, 5.74) is 1.84. The third kappa shape index (κ3) is 7.64. The first-order valence-corrected chi connectivity index (χ1v) is 9.45. The zero-order valence-corrected chi connectivity index (χ0v) is 15.3. The molecule has 1 aromatic heterocycles. The van der Waals surface area contributed by atoms with Crippen LogP contribution in [0.15, 0.2) is 43.0 Å². The van der Waals surface area contributed by atoms with Crippen LogP contribution in [0.3, 0.4) is 0 Å². The number of aliphatic carboxylic acids is 1. The van der Waals surface area contributed by atoms with E-state index < -0.39 is 5.97 Å². The largest absolute Gasteiger partial charge is 0.481 e. The topological polar surface area (TPSA) is 72.2 Å². The Kier molecular flexibility index (Phi) is 8.60. The molecule has 0 saturated carbocycles. The molecule has 1 N–H and O–H groups in total. The number of carbonyl (C=O) groups excluding carboxylic acids is 1. The summed E-state index contributed by atoms with van der Waals surface area (Å²) in [4.78, 5) is 26.4. The van der Waals surface area contributed by atoms with Crippen molar-refractivity contribution >= 4 is 11.8 Å². The SMILES string of the molecule is O=C(O)CCC(=O)c1ccc(CCCCCCCCn2ccnc2)cc1. The van der Waals surface area contributed by atoms with Gasteiger partial charge in [0.1, 0.15) is 0 Å². The Morgan fingerprint density at radius 1 is 0.923 bits per heavy atom. The van der Waals surface area contributed by atoms with Crippen LogP contribution in [0.25, 0.3) is 0 Å². The minimum atomic E-state index is -0.934. The van der Waals surface area contributed by atoms with E-state index >= 15 is 0 Å². The van der Waals surface area contributed by atoms with E-state index in [1.807, 2.05) is 43.0 Å². The number of benzene rings is 1. The second-order valence-electron chi connectivity index (χ2n) is 6.69. The molecule has 26 heavy (non-hydrogen) atoms. The number of carboxylic acids is 1. The second-order valence-corrected chi connectivity index (χ2v) is 6.69. The fraction of sp³-hybridized carbons (Fsp3) is 0.476. The van der Waals surface area contributed by atoms with Crippen LogP contribution in [0.5, 0.6) is 0 Å². The normalized spacial score (nSPS) is 10.8. The molecule has 0 atom stereocenters. The van der Waals surface area contributed by atoms with Gasteiger partial charge in [-0.15, -0.1) is 0 Å². The van der Waals surface area contributed by atoms with Gasteiger partial charge in [0.25, 0.3) is 0 Å². The average molecular weight is 356 g/mol. The van der Waals surface area contributed by atoms with Gasteiger partial charge in [0.15, 0.2) is 5.78 Å². The van der Waals surface area contributed by atoms with Gasteiger partial charge in [0, 0.05) is 30.9 Å². The predicted molar refractivity (Wildman–Crippen MR) is 101 cm³/mol. The van der Waals surface area contributed by atoms with Gasteiger partial charge in [-0.3, -0.25) is 9.59 Å². The van der Waals surface area contributed by atoms with Crippen molar-refractivity contribution in [2.45, 2.75) is 64.3 Å². The van der Waals surface area contributed by atoms with Crippen LogP contribution in [0, 0.1) is 0 Å². The molecule has 0 unspecified atom stereocenters. The van der Waals surface area contributed by atoms with Crippen LogP contribution in [0.1, 0.15) is 67.3 Å². The Bertz CT molecular complexity index is 663. The van der Waals surface area contributed by atoms with Crippen molar-refractivity contribution in [2.75, 3.05) is 0 Å². The van der Waals surface area contributed by atoms with Crippen molar-refractivity contribution in [1.29, 1.82) is 0 Å². The molecule has 5 nitrogen and oxygen atoms in total. The van der Waals surface area contributed by atoms with E-state index in [1.54, 1.807) is 0 Å². The lowest BCUT2D eigenvalue weighted by Gasteiger charge is -2.05. The molecule has 0 fully saturated rings. The highest BCUT2D eigenvalue weighted by atomic mass is 16.4. The van der Waals surface area contributed by atoms with Gasteiger partial charge in [-0.1, -0.05) is 49.9 Å². The van der Waals surface area contributed by atoms with Crippen molar-refractivity contribution in [2.24, 2.45) is 0 Å². The zero-order valence-electron chi connectivity index (χ0n) is 15.3. The number of aromatic nitrogens is 2. The van der Waals surface area contributed by atoms with E-state index in [-0.39, 0.29) is 18.6 Å². The Morgan fingerprint density at radius 3 is 2.27 bits per heavy atom. The van der Waals surface area contributed by atoms with Crippen LogP contribution < -0.4 is 0 Å². The van der Waals surface area contributed by atoms with E-state index in [9.17, 15) is 9.59 Å². The van der Waals surface area contributed by atoms with E-state index in [0.717, 1.165) is 19.4 Å². The minimum Gasteiger partial charge on any atom is -0.481 e. The molecule has 1 aromatic carbocycles.